The molecule has 2 heterocycles. The molecule has 2 aromatic heterocycles. The van der Waals surface area contributed by atoms with E-state index in [4.69, 9.17) is 21.1 Å². The number of hydrogen-bond acceptors (Lipinski definition) is 9. The number of thioether (sulfide) groups is 1. The van der Waals surface area contributed by atoms with Crippen LogP contribution in [0.2, 0.25) is 5.02 Å². The number of amides is 2. The Hall–Kier alpha value is -3.35. The third-order valence-corrected chi connectivity index (χ3v) is 7.72. The first-order valence-electron chi connectivity index (χ1n) is 11.3. The number of anilines is 1. The zero-order valence-electron chi connectivity index (χ0n) is 21.7. The number of nitrogens with zero attached hydrogens (tertiary/aromatic N) is 4. The van der Waals surface area contributed by atoms with Crippen molar-refractivity contribution in [1.29, 1.82) is 0 Å². The Morgan fingerprint density at radius 3 is 2.63 bits per heavy atom. The van der Waals surface area contributed by atoms with Crippen molar-refractivity contribution in [1.82, 2.24) is 19.7 Å². The molecule has 10 nitrogen and oxygen atoms in total. The molecular weight excluding hydrogens is 550 g/mol. The van der Waals surface area contributed by atoms with Gasteiger partial charge < -0.3 is 19.7 Å². The van der Waals surface area contributed by atoms with Crippen LogP contribution in [0.15, 0.2) is 36.0 Å². The number of ether oxygens (including phenoxy) is 2. The zero-order valence-corrected chi connectivity index (χ0v) is 24.1. The van der Waals surface area contributed by atoms with E-state index >= 15 is 0 Å². The van der Waals surface area contributed by atoms with E-state index in [2.05, 4.69) is 22.1 Å². The predicted octanol–water partition coefficient (Wildman–Crippen LogP) is 4.59. The fourth-order valence-electron chi connectivity index (χ4n) is 3.41. The standard InChI is InChI=1S/C25H28ClN5O5S2/c1-7-10-31-18(12-36-17-9-8-16(26)11-14(17)2)28-29-25(31)37-13-19(32)27-22-20(24(34)35-6)15(3)21(38-22)23(33)30(4)5/h7-9,11H,1,10,12-13H2,2-6H3,(H,27,32). The second-order valence-electron chi connectivity index (χ2n) is 8.28. The third-order valence-electron chi connectivity index (χ3n) is 5.32. The van der Waals surface area contributed by atoms with E-state index in [0.29, 0.717) is 38.7 Å². The van der Waals surface area contributed by atoms with Gasteiger partial charge in [0.05, 0.1) is 23.3 Å². The monoisotopic (exact) mass is 577 g/mol. The number of allylic oxidation sites excluding steroid dienone is 1. The summed E-state index contributed by atoms with van der Waals surface area (Å²) in [5.41, 5.74) is 1.51. The van der Waals surface area contributed by atoms with Gasteiger partial charge in [0.25, 0.3) is 5.91 Å². The van der Waals surface area contributed by atoms with E-state index in [1.807, 2.05) is 13.0 Å². The lowest BCUT2D eigenvalue weighted by molar-refractivity contribution is -0.113. The quantitative estimate of drug-likeness (QED) is 0.200. The van der Waals surface area contributed by atoms with E-state index in [1.54, 1.807) is 43.8 Å². The third kappa shape index (κ3) is 6.74. The van der Waals surface area contributed by atoms with Gasteiger partial charge in [-0.05, 0) is 43.2 Å². The topological polar surface area (TPSA) is 116 Å². The van der Waals surface area contributed by atoms with E-state index in [0.717, 1.165) is 16.9 Å². The van der Waals surface area contributed by atoms with Crippen LogP contribution in [0, 0.1) is 13.8 Å². The van der Waals surface area contributed by atoms with Crippen LogP contribution in [0.4, 0.5) is 5.00 Å². The number of aryl methyl sites for hydroxylation is 1. The minimum Gasteiger partial charge on any atom is -0.485 e. The summed E-state index contributed by atoms with van der Waals surface area (Å²) in [7, 11) is 4.48. The molecule has 0 aliphatic carbocycles. The molecule has 0 fully saturated rings. The maximum atomic E-state index is 12.8. The Kier molecular flexibility index (Phi) is 9.95. The molecule has 202 valence electrons. The summed E-state index contributed by atoms with van der Waals surface area (Å²) in [6.45, 7) is 7.92. The second-order valence-corrected chi connectivity index (χ2v) is 10.7. The Balaban J connectivity index is 1.73. The summed E-state index contributed by atoms with van der Waals surface area (Å²) in [6, 6.07) is 5.35. The van der Waals surface area contributed by atoms with Gasteiger partial charge in [-0.2, -0.15) is 0 Å². The Morgan fingerprint density at radius 1 is 1.26 bits per heavy atom. The second kappa shape index (κ2) is 12.9. The lowest BCUT2D eigenvalue weighted by Gasteiger charge is -2.11. The normalized spacial score (nSPS) is 10.7. The molecule has 3 rings (SSSR count). The lowest BCUT2D eigenvalue weighted by atomic mass is 10.1. The van der Waals surface area contributed by atoms with Crippen LogP contribution in [-0.2, 0) is 22.7 Å². The van der Waals surface area contributed by atoms with Crippen molar-refractivity contribution in [3.8, 4) is 5.75 Å². The van der Waals surface area contributed by atoms with E-state index in [9.17, 15) is 14.4 Å². The molecule has 38 heavy (non-hydrogen) atoms. The van der Waals surface area contributed by atoms with Crippen molar-refractivity contribution in [2.45, 2.75) is 32.2 Å². The number of benzene rings is 1. The average Bonchev–Trinajstić information content (AvgIpc) is 3.41. The predicted molar refractivity (Wildman–Crippen MR) is 149 cm³/mol. The van der Waals surface area contributed by atoms with Gasteiger partial charge in [0.1, 0.15) is 17.4 Å². The SMILES string of the molecule is C=CCn1c(COc2ccc(Cl)cc2C)nnc1SCC(=O)Nc1sc(C(=O)N(C)C)c(C)c1C(=O)OC. The molecule has 2 amide bonds. The summed E-state index contributed by atoms with van der Waals surface area (Å²) in [6.07, 6.45) is 1.70. The number of methoxy groups -OCH3 is 1. The first-order chi connectivity index (χ1) is 18.1. The van der Waals surface area contributed by atoms with Gasteiger partial charge in [0, 0.05) is 25.7 Å². The zero-order chi connectivity index (χ0) is 28.0. The first-order valence-corrected chi connectivity index (χ1v) is 13.5. The van der Waals surface area contributed by atoms with Crippen molar-refractivity contribution in [3.63, 3.8) is 0 Å². The summed E-state index contributed by atoms with van der Waals surface area (Å²) < 4.78 is 12.6. The molecule has 0 spiro atoms. The molecule has 0 saturated carbocycles. The number of esters is 1. The highest BCUT2D eigenvalue weighted by atomic mass is 35.5. The number of rotatable bonds is 11. The van der Waals surface area contributed by atoms with Crippen LogP contribution in [-0.4, -0.2) is 64.4 Å². The van der Waals surface area contributed by atoms with Crippen molar-refractivity contribution in [2.75, 3.05) is 32.3 Å². The molecular formula is C25H28ClN5O5S2. The Morgan fingerprint density at radius 2 is 2.00 bits per heavy atom. The van der Waals surface area contributed by atoms with E-state index in [-0.39, 0.29) is 34.7 Å². The van der Waals surface area contributed by atoms with Gasteiger partial charge in [-0.1, -0.05) is 29.4 Å². The number of thiophene rings is 1. The van der Waals surface area contributed by atoms with Gasteiger partial charge in [-0.3, -0.25) is 14.2 Å². The minimum absolute atomic E-state index is 0.0130. The Bertz CT molecular complexity index is 1370. The molecule has 0 aliphatic heterocycles. The molecule has 0 aliphatic rings. The first kappa shape index (κ1) is 29.2. The average molecular weight is 578 g/mol. The lowest BCUT2D eigenvalue weighted by Crippen LogP contribution is -2.21. The fraction of sp³-hybridized carbons (Fsp3) is 0.320. The van der Waals surface area contributed by atoms with Gasteiger partial charge in [-0.15, -0.1) is 28.1 Å². The number of halogens is 1. The molecule has 13 heteroatoms. The van der Waals surface area contributed by atoms with Crippen LogP contribution >= 0.6 is 34.7 Å². The summed E-state index contributed by atoms with van der Waals surface area (Å²) >= 11 is 8.22. The molecule has 0 unspecified atom stereocenters. The van der Waals surface area contributed by atoms with Crippen LogP contribution < -0.4 is 10.1 Å². The smallest absolute Gasteiger partial charge is 0.341 e. The van der Waals surface area contributed by atoms with Crippen molar-refractivity contribution < 1.29 is 23.9 Å². The highest BCUT2D eigenvalue weighted by Gasteiger charge is 2.27. The molecule has 0 atom stereocenters. The minimum atomic E-state index is -0.634. The van der Waals surface area contributed by atoms with Gasteiger partial charge in [0.15, 0.2) is 11.0 Å². The highest BCUT2D eigenvalue weighted by Crippen LogP contribution is 2.34. The molecule has 1 aromatic carbocycles. The summed E-state index contributed by atoms with van der Waals surface area (Å²) in [5, 5.41) is 12.6. The number of nitrogens with one attached hydrogen (secondary N) is 1. The van der Waals surface area contributed by atoms with Crippen LogP contribution in [0.25, 0.3) is 0 Å². The van der Waals surface area contributed by atoms with Gasteiger partial charge in [0.2, 0.25) is 5.91 Å². The maximum absolute atomic E-state index is 12.8. The fourth-order valence-corrected chi connectivity index (χ4v) is 5.64. The number of carbonyl (C=O) groups is 3. The maximum Gasteiger partial charge on any atom is 0.341 e. The molecule has 0 radical (unpaired) electrons. The summed E-state index contributed by atoms with van der Waals surface area (Å²) in [4.78, 5) is 39.5. The highest BCUT2D eigenvalue weighted by molar-refractivity contribution is 7.99. The Labute approximate surface area is 234 Å². The summed E-state index contributed by atoms with van der Waals surface area (Å²) in [5.74, 6) is -0.0554. The molecule has 0 saturated heterocycles. The van der Waals surface area contributed by atoms with Crippen LogP contribution in [0.5, 0.6) is 5.75 Å². The molecule has 0 bridgehead atoms. The van der Waals surface area contributed by atoms with E-state index in [1.165, 1.54) is 23.8 Å². The number of hydrogen-bond donors (Lipinski definition) is 1. The van der Waals surface area contributed by atoms with Crippen molar-refractivity contribution >= 4 is 57.5 Å². The van der Waals surface area contributed by atoms with Gasteiger partial charge in [-0.25, -0.2) is 4.79 Å². The number of aromatic nitrogens is 3. The largest absolute Gasteiger partial charge is 0.485 e. The number of carbonyl (C=O) groups excluding carboxylic acids is 3. The van der Waals surface area contributed by atoms with E-state index < -0.39 is 5.97 Å². The van der Waals surface area contributed by atoms with Gasteiger partial charge >= 0.3 is 5.97 Å². The van der Waals surface area contributed by atoms with Crippen LogP contribution in [0.3, 0.4) is 0 Å². The molecule has 1 N–H and O–H groups in total. The van der Waals surface area contributed by atoms with Crippen LogP contribution in [0.1, 0.15) is 37.0 Å². The molecule has 3 aromatic rings. The van der Waals surface area contributed by atoms with Crippen molar-refractivity contribution in [2.24, 2.45) is 0 Å². The van der Waals surface area contributed by atoms with Crippen molar-refractivity contribution in [3.05, 3.63) is 63.3 Å².